The minimum atomic E-state index is -0.785. The van der Waals surface area contributed by atoms with E-state index >= 15 is 0 Å². The first kappa shape index (κ1) is 39.0. The van der Waals surface area contributed by atoms with E-state index in [0.29, 0.717) is 25.1 Å². The molecule has 0 aliphatic carbocycles. The van der Waals surface area contributed by atoms with E-state index < -0.39 is 18.0 Å². The van der Waals surface area contributed by atoms with Gasteiger partial charge in [0.2, 0.25) is 11.8 Å². The van der Waals surface area contributed by atoms with Crippen molar-refractivity contribution in [1.29, 1.82) is 0 Å². The van der Waals surface area contributed by atoms with Gasteiger partial charge in [-0.3, -0.25) is 28.9 Å². The number of hydrogen-bond acceptors (Lipinski definition) is 9. The van der Waals surface area contributed by atoms with E-state index in [1.807, 2.05) is 45.0 Å². The molecule has 1 aromatic carbocycles. The van der Waals surface area contributed by atoms with Gasteiger partial charge in [-0.25, -0.2) is 4.79 Å². The lowest BCUT2D eigenvalue weighted by Crippen LogP contribution is -2.45. The minimum absolute atomic E-state index is 0.0405. The van der Waals surface area contributed by atoms with Crippen molar-refractivity contribution in [2.75, 3.05) is 58.0 Å². The van der Waals surface area contributed by atoms with Gasteiger partial charge in [0.15, 0.2) is 5.78 Å². The lowest BCUT2D eigenvalue weighted by atomic mass is 9.89. The smallest absolute Gasteiger partial charge is 0.312 e. The van der Waals surface area contributed by atoms with Crippen LogP contribution >= 0.6 is 0 Å². The molecule has 6 amide bonds. The number of benzene rings is 1. The molecule has 0 saturated carbocycles. The summed E-state index contributed by atoms with van der Waals surface area (Å²) in [4.78, 5) is 74.3. The maximum absolute atomic E-state index is 13.4. The number of nitrogens with zero attached hydrogens (tertiary/aromatic N) is 1. The van der Waals surface area contributed by atoms with Gasteiger partial charge < -0.3 is 35.9 Å². The van der Waals surface area contributed by atoms with Crippen LogP contribution < -0.4 is 21.7 Å². The van der Waals surface area contributed by atoms with Crippen molar-refractivity contribution in [3.63, 3.8) is 0 Å². The van der Waals surface area contributed by atoms with Crippen LogP contribution in [0.25, 0.3) is 0 Å². The fourth-order valence-electron chi connectivity index (χ4n) is 4.70. The first-order chi connectivity index (χ1) is 22.5. The minimum Gasteiger partial charge on any atom is -0.379 e. The number of nitrogens with one attached hydrogen (secondary N) is 3. The Hall–Kier alpha value is -4.14. The van der Waals surface area contributed by atoms with Gasteiger partial charge in [0.05, 0.1) is 52.2 Å². The van der Waals surface area contributed by atoms with E-state index in [0.717, 1.165) is 16.9 Å². The van der Waals surface area contributed by atoms with Crippen LogP contribution in [-0.4, -0.2) is 99.1 Å². The molecule has 0 bridgehead atoms. The molecule has 0 unspecified atom stereocenters. The Morgan fingerprint density at radius 3 is 2.04 bits per heavy atom. The summed E-state index contributed by atoms with van der Waals surface area (Å²) < 4.78 is 16.3. The number of Topliss-reactive ketones (excluding diaryl/α,β-unsaturated/α-hetero) is 1. The number of urea groups is 1. The summed E-state index contributed by atoms with van der Waals surface area (Å²) >= 11 is 0. The number of carbonyl (C=O) groups excluding carboxylic acids is 6. The van der Waals surface area contributed by atoms with Crippen molar-refractivity contribution in [1.82, 2.24) is 15.5 Å². The van der Waals surface area contributed by atoms with Gasteiger partial charge in [-0.15, -0.1) is 0 Å². The molecule has 2 rings (SSSR count). The number of ketones is 1. The first-order valence-electron chi connectivity index (χ1n) is 16.0. The average Bonchev–Trinajstić information content (AvgIpc) is 3.36. The Morgan fingerprint density at radius 2 is 1.47 bits per heavy atom. The van der Waals surface area contributed by atoms with Crippen LogP contribution in [0.1, 0.15) is 52.0 Å². The Balaban J connectivity index is 1.72. The second kappa shape index (κ2) is 21.6. The second-order valence-electron chi connectivity index (χ2n) is 11.4. The molecule has 0 aromatic heterocycles. The summed E-state index contributed by atoms with van der Waals surface area (Å²) in [5, 5.41) is 8.17. The highest BCUT2D eigenvalue weighted by molar-refractivity contribution is 6.12. The number of amides is 6. The highest BCUT2D eigenvalue weighted by atomic mass is 16.5. The molecule has 5 N–H and O–H groups in total. The number of primary amides is 1. The normalized spacial score (nSPS) is 13.9. The zero-order chi connectivity index (χ0) is 34.6. The van der Waals surface area contributed by atoms with E-state index in [1.54, 1.807) is 0 Å². The van der Waals surface area contributed by atoms with E-state index in [2.05, 4.69) is 16.0 Å². The predicted octanol–water partition coefficient (Wildman–Crippen LogP) is 1.72. The van der Waals surface area contributed by atoms with E-state index in [4.69, 9.17) is 19.9 Å². The van der Waals surface area contributed by atoms with Gasteiger partial charge in [0.1, 0.15) is 0 Å². The number of carbonyl (C=O) groups is 6. The third-order valence-electron chi connectivity index (χ3n) is 7.38. The van der Waals surface area contributed by atoms with Crippen LogP contribution in [0.15, 0.2) is 36.4 Å². The highest BCUT2D eigenvalue weighted by Gasteiger charge is 2.29. The molecule has 0 fully saturated rings. The molecule has 0 spiro atoms. The number of anilines is 1. The SMILES string of the molecule is CCc1ccc(NC(=O)[C@H](CCCNC(N)=O)CC(=O)[C@@H](NC(=O)CCOCCOCCOCCN2C(=O)C=CC2=O)C(C)C)cc1. The van der Waals surface area contributed by atoms with Crippen LogP contribution in [0, 0.1) is 11.8 Å². The number of nitrogens with two attached hydrogens (primary N) is 1. The van der Waals surface area contributed by atoms with Gasteiger partial charge in [-0.05, 0) is 42.9 Å². The molecule has 260 valence electrons. The molecule has 1 aromatic rings. The van der Waals surface area contributed by atoms with Crippen molar-refractivity contribution in [2.45, 2.75) is 58.9 Å². The summed E-state index contributed by atoms with van der Waals surface area (Å²) in [6.45, 7) is 7.60. The summed E-state index contributed by atoms with van der Waals surface area (Å²) in [7, 11) is 0. The Kier molecular flexibility index (Phi) is 18.0. The fourth-order valence-corrected chi connectivity index (χ4v) is 4.70. The molecule has 0 saturated heterocycles. The molecule has 14 nitrogen and oxygen atoms in total. The zero-order valence-electron chi connectivity index (χ0n) is 27.6. The van der Waals surface area contributed by atoms with Crippen molar-refractivity contribution in [2.24, 2.45) is 17.6 Å². The summed E-state index contributed by atoms with van der Waals surface area (Å²) in [6.07, 6.45) is 4.05. The largest absolute Gasteiger partial charge is 0.379 e. The van der Waals surface area contributed by atoms with Crippen molar-refractivity contribution < 1.29 is 43.0 Å². The Labute approximate surface area is 276 Å². The fraction of sp³-hybridized carbons (Fsp3) is 0.576. The summed E-state index contributed by atoms with van der Waals surface area (Å²) in [5.74, 6) is -2.51. The number of hydrogen-bond donors (Lipinski definition) is 4. The van der Waals surface area contributed by atoms with Crippen molar-refractivity contribution in [3.05, 3.63) is 42.0 Å². The number of imide groups is 1. The van der Waals surface area contributed by atoms with E-state index in [-0.39, 0.29) is 94.3 Å². The van der Waals surface area contributed by atoms with E-state index in [1.165, 1.54) is 12.2 Å². The molecule has 14 heteroatoms. The lowest BCUT2D eigenvalue weighted by molar-refractivity contribution is -0.137. The number of ether oxygens (including phenoxy) is 3. The van der Waals surface area contributed by atoms with Crippen molar-refractivity contribution >= 4 is 41.1 Å². The van der Waals surface area contributed by atoms with Crippen molar-refractivity contribution in [3.8, 4) is 0 Å². The standard InChI is InChI=1S/C33H49N5O9/c1-4-24-7-9-26(10-8-24)36-32(43)25(6-5-14-35-33(34)44)22-27(39)31(23(2)3)37-28(40)13-16-45-18-20-47-21-19-46-17-15-38-29(41)11-12-30(38)42/h7-12,23,25,31H,4-6,13-22H2,1-3H3,(H,36,43)(H,37,40)(H3,34,35,44)/t25-,31+/m1/s1. The maximum Gasteiger partial charge on any atom is 0.312 e. The number of rotatable bonds is 24. The maximum atomic E-state index is 13.4. The Morgan fingerprint density at radius 1 is 0.872 bits per heavy atom. The Bertz CT molecular complexity index is 1200. The molecule has 1 heterocycles. The van der Waals surface area contributed by atoms with Crippen LogP contribution in [-0.2, 0) is 44.6 Å². The average molecular weight is 660 g/mol. The van der Waals surface area contributed by atoms with Crippen LogP contribution in [0.4, 0.5) is 10.5 Å². The third-order valence-corrected chi connectivity index (χ3v) is 7.38. The highest BCUT2D eigenvalue weighted by Crippen LogP contribution is 2.19. The molecular weight excluding hydrogens is 610 g/mol. The van der Waals surface area contributed by atoms with Gasteiger partial charge in [0, 0.05) is 43.1 Å². The van der Waals surface area contributed by atoms with E-state index in [9.17, 15) is 28.8 Å². The first-order valence-corrected chi connectivity index (χ1v) is 16.0. The van der Waals surface area contributed by atoms with Gasteiger partial charge >= 0.3 is 6.03 Å². The number of aryl methyl sites for hydroxylation is 1. The molecule has 1 aliphatic heterocycles. The second-order valence-corrected chi connectivity index (χ2v) is 11.4. The lowest BCUT2D eigenvalue weighted by Gasteiger charge is -2.24. The summed E-state index contributed by atoms with van der Waals surface area (Å²) in [6, 6.07) is 6.04. The molecule has 2 atom stereocenters. The molecule has 47 heavy (non-hydrogen) atoms. The molecular formula is C33H49N5O9. The molecule has 1 aliphatic rings. The van der Waals surface area contributed by atoms with Crippen LogP contribution in [0.3, 0.4) is 0 Å². The van der Waals surface area contributed by atoms with Gasteiger partial charge in [-0.2, -0.15) is 0 Å². The van der Waals surface area contributed by atoms with Gasteiger partial charge in [0.25, 0.3) is 11.8 Å². The monoisotopic (exact) mass is 659 g/mol. The zero-order valence-corrected chi connectivity index (χ0v) is 27.6. The quantitative estimate of drug-likeness (QED) is 0.0944. The predicted molar refractivity (Wildman–Crippen MR) is 174 cm³/mol. The summed E-state index contributed by atoms with van der Waals surface area (Å²) in [5.41, 5.74) is 6.89. The van der Waals surface area contributed by atoms with Crippen LogP contribution in [0.5, 0.6) is 0 Å². The third kappa shape index (κ3) is 15.3. The van der Waals surface area contributed by atoms with Gasteiger partial charge in [-0.1, -0.05) is 32.9 Å². The topological polar surface area (TPSA) is 195 Å². The van der Waals surface area contributed by atoms with Crippen LogP contribution in [0.2, 0.25) is 0 Å². The molecule has 0 radical (unpaired) electrons.